The molecule has 1 saturated carbocycles. The maximum atomic E-state index is 13.5. The largest absolute Gasteiger partial charge is 0.465 e. The van der Waals surface area contributed by atoms with Crippen LogP contribution in [0.15, 0.2) is 42.6 Å². The second-order valence-corrected chi connectivity index (χ2v) is 6.98. The number of fused-ring (bicyclic) bond motifs is 1. The minimum atomic E-state index is -1.15. The average Bonchev–Trinajstić information content (AvgIpc) is 3.00. The Morgan fingerprint density at radius 1 is 1.26 bits per heavy atom. The first-order chi connectivity index (χ1) is 13.1. The fourth-order valence-electron chi connectivity index (χ4n) is 3.39. The first kappa shape index (κ1) is 17.3. The van der Waals surface area contributed by atoms with Crippen LogP contribution in [0.2, 0.25) is 0 Å². The molecule has 1 amide bonds. The van der Waals surface area contributed by atoms with Gasteiger partial charge in [0.1, 0.15) is 5.82 Å². The van der Waals surface area contributed by atoms with Gasteiger partial charge in [-0.25, -0.2) is 9.18 Å². The number of aromatic nitrogens is 2. The fraction of sp³-hybridized carbons (Fsp3) is 0.300. The molecule has 1 aliphatic rings. The number of benzene rings is 2. The first-order valence-electron chi connectivity index (χ1n) is 9.06. The Hall–Kier alpha value is -3.09. The number of hydrogen-bond acceptors (Lipinski definition) is 3. The van der Waals surface area contributed by atoms with Crippen molar-refractivity contribution in [1.82, 2.24) is 15.1 Å². The molecule has 0 unspecified atom stereocenters. The van der Waals surface area contributed by atoms with Crippen molar-refractivity contribution in [3.8, 4) is 0 Å². The molecule has 140 valence electrons. The molecule has 0 radical (unpaired) electrons. The highest BCUT2D eigenvalue weighted by Gasteiger charge is 2.19. The SMILES string of the molecule is O=C(O)NCc1cc(F)ccc1Nc1ccc2c(cnn2CC2CCC2)c1. The molecule has 0 atom stereocenters. The van der Waals surface area contributed by atoms with Gasteiger partial charge in [-0.2, -0.15) is 5.10 Å². The lowest BCUT2D eigenvalue weighted by Gasteiger charge is -2.25. The highest BCUT2D eigenvalue weighted by molar-refractivity contribution is 5.83. The predicted octanol–water partition coefficient (Wildman–Crippen LogP) is 4.49. The average molecular weight is 368 g/mol. The summed E-state index contributed by atoms with van der Waals surface area (Å²) in [5.74, 6) is 0.324. The molecule has 4 rings (SSSR count). The van der Waals surface area contributed by atoms with Gasteiger partial charge in [0.25, 0.3) is 0 Å². The molecule has 27 heavy (non-hydrogen) atoms. The minimum Gasteiger partial charge on any atom is -0.465 e. The summed E-state index contributed by atoms with van der Waals surface area (Å²) in [6, 6.07) is 10.3. The highest BCUT2D eigenvalue weighted by Crippen LogP contribution is 2.30. The summed E-state index contributed by atoms with van der Waals surface area (Å²) in [7, 11) is 0. The first-order valence-corrected chi connectivity index (χ1v) is 9.06. The molecule has 0 aliphatic heterocycles. The number of nitrogens with zero attached hydrogens (tertiary/aromatic N) is 2. The van der Waals surface area contributed by atoms with Crippen LogP contribution in [0.1, 0.15) is 24.8 Å². The zero-order valence-corrected chi connectivity index (χ0v) is 14.8. The molecule has 1 aromatic heterocycles. The summed E-state index contributed by atoms with van der Waals surface area (Å²) in [4.78, 5) is 10.7. The quantitative estimate of drug-likeness (QED) is 0.599. The van der Waals surface area contributed by atoms with E-state index in [1.54, 1.807) is 6.07 Å². The zero-order valence-electron chi connectivity index (χ0n) is 14.8. The Morgan fingerprint density at radius 2 is 2.11 bits per heavy atom. The maximum absolute atomic E-state index is 13.5. The number of rotatable bonds is 6. The van der Waals surface area contributed by atoms with Gasteiger partial charge in [-0.3, -0.25) is 4.68 Å². The summed E-state index contributed by atoms with van der Waals surface area (Å²) in [6.45, 7) is 0.982. The summed E-state index contributed by atoms with van der Waals surface area (Å²) in [5, 5.41) is 19.9. The molecule has 2 aromatic carbocycles. The number of halogens is 1. The standard InChI is InChI=1S/C20H21FN4O2/c21-16-4-6-18(14(8-16)10-22-20(26)27)24-17-5-7-19-15(9-17)11-23-25(19)12-13-2-1-3-13/h4-9,11,13,22,24H,1-3,10,12H2,(H,26,27). The van der Waals surface area contributed by atoms with E-state index in [0.717, 1.165) is 29.1 Å². The van der Waals surface area contributed by atoms with Gasteiger partial charge in [0.15, 0.2) is 0 Å². The molecule has 7 heteroatoms. The summed E-state index contributed by atoms with van der Waals surface area (Å²) in [6.07, 6.45) is 4.58. The van der Waals surface area contributed by atoms with Gasteiger partial charge in [0, 0.05) is 29.9 Å². The molecular weight excluding hydrogens is 347 g/mol. The molecule has 1 aliphatic carbocycles. The van der Waals surface area contributed by atoms with Crippen molar-refractivity contribution in [3.63, 3.8) is 0 Å². The third-order valence-corrected chi connectivity index (χ3v) is 5.07. The van der Waals surface area contributed by atoms with E-state index in [1.807, 2.05) is 24.4 Å². The zero-order chi connectivity index (χ0) is 18.8. The van der Waals surface area contributed by atoms with Crippen molar-refractivity contribution in [1.29, 1.82) is 0 Å². The van der Waals surface area contributed by atoms with E-state index in [0.29, 0.717) is 11.3 Å². The van der Waals surface area contributed by atoms with Crippen LogP contribution in [0.3, 0.4) is 0 Å². The van der Waals surface area contributed by atoms with E-state index >= 15 is 0 Å². The molecule has 0 spiro atoms. The number of nitrogens with one attached hydrogen (secondary N) is 2. The van der Waals surface area contributed by atoms with Crippen LogP contribution in [0.5, 0.6) is 0 Å². The molecule has 0 bridgehead atoms. The Kier molecular flexibility index (Phi) is 4.66. The van der Waals surface area contributed by atoms with Crippen molar-refractivity contribution in [2.24, 2.45) is 5.92 Å². The van der Waals surface area contributed by atoms with Gasteiger partial charge in [-0.15, -0.1) is 0 Å². The summed E-state index contributed by atoms with van der Waals surface area (Å²) >= 11 is 0. The summed E-state index contributed by atoms with van der Waals surface area (Å²) < 4.78 is 15.6. The lowest BCUT2D eigenvalue weighted by atomic mass is 9.85. The molecule has 3 aromatic rings. The number of carboxylic acid groups (broad SMARTS) is 1. The van der Waals surface area contributed by atoms with Gasteiger partial charge in [-0.1, -0.05) is 6.42 Å². The number of amides is 1. The van der Waals surface area contributed by atoms with Crippen LogP contribution in [-0.4, -0.2) is 21.0 Å². The molecule has 1 heterocycles. The Morgan fingerprint density at radius 3 is 2.85 bits per heavy atom. The normalized spacial score (nSPS) is 14.1. The number of carbonyl (C=O) groups is 1. The monoisotopic (exact) mass is 368 g/mol. The Bertz CT molecular complexity index is 981. The van der Waals surface area contributed by atoms with E-state index in [2.05, 4.69) is 20.4 Å². The minimum absolute atomic E-state index is 0.0248. The van der Waals surface area contributed by atoms with Crippen LogP contribution >= 0.6 is 0 Å². The summed E-state index contributed by atoms with van der Waals surface area (Å²) in [5.41, 5.74) is 3.14. The molecule has 0 saturated heterocycles. The molecule has 3 N–H and O–H groups in total. The van der Waals surface area contributed by atoms with E-state index in [4.69, 9.17) is 5.11 Å². The second kappa shape index (κ2) is 7.26. The van der Waals surface area contributed by atoms with Gasteiger partial charge in [0.2, 0.25) is 0 Å². The third-order valence-electron chi connectivity index (χ3n) is 5.07. The van der Waals surface area contributed by atoms with Gasteiger partial charge >= 0.3 is 6.09 Å². The van der Waals surface area contributed by atoms with E-state index in [9.17, 15) is 9.18 Å². The van der Waals surface area contributed by atoms with Crippen molar-refractivity contribution < 1.29 is 14.3 Å². The van der Waals surface area contributed by atoms with Crippen LogP contribution < -0.4 is 10.6 Å². The van der Waals surface area contributed by atoms with Crippen LogP contribution in [0.25, 0.3) is 10.9 Å². The Balaban J connectivity index is 1.55. The predicted molar refractivity (Wildman–Crippen MR) is 102 cm³/mol. The molecule has 6 nitrogen and oxygen atoms in total. The van der Waals surface area contributed by atoms with Crippen LogP contribution in [-0.2, 0) is 13.1 Å². The highest BCUT2D eigenvalue weighted by atomic mass is 19.1. The van der Waals surface area contributed by atoms with Gasteiger partial charge in [0.05, 0.1) is 11.7 Å². The Labute approximate surface area is 156 Å². The third kappa shape index (κ3) is 3.86. The number of hydrogen-bond donors (Lipinski definition) is 3. The lowest BCUT2D eigenvalue weighted by molar-refractivity contribution is 0.194. The fourth-order valence-corrected chi connectivity index (χ4v) is 3.39. The van der Waals surface area contributed by atoms with Gasteiger partial charge in [-0.05, 0) is 60.7 Å². The van der Waals surface area contributed by atoms with Crippen molar-refractivity contribution in [3.05, 3.63) is 54.0 Å². The number of anilines is 2. The lowest BCUT2D eigenvalue weighted by Crippen LogP contribution is -2.20. The maximum Gasteiger partial charge on any atom is 0.404 e. The van der Waals surface area contributed by atoms with Crippen LogP contribution in [0, 0.1) is 11.7 Å². The van der Waals surface area contributed by atoms with Crippen molar-refractivity contribution in [2.45, 2.75) is 32.4 Å². The van der Waals surface area contributed by atoms with E-state index < -0.39 is 11.9 Å². The van der Waals surface area contributed by atoms with Gasteiger partial charge < -0.3 is 15.7 Å². The van der Waals surface area contributed by atoms with Crippen molar-refractivity contribution in [2.75, 3.05) is 5.32 Å². The van der Waals surface area contributed by atoms with Crippen molar-refractivity contribution >= 4 is 28.4 Å². The molecule has 1 fully saturated rings. The second-order valence-electron chi connectivity index (χ2n) is 6.98. The topological polar surface area (TPSA) is 79.2 Å². The van der Waals surface area contributed by atoms with E-state index in [1.165, 1.54) is 31.4 Å². The smallest absolute Gasteiger partial charge is 0.404 e. The molecular formula is C20H21FN4O2. The van der Waals surface area contributed by atoms with E-state index in [-0.39, 0.29) is 6.54 Å². The van der Waals surface area contributed by atoms with Crippen LogP contribution in [0.4, 0.5) is 20.6 Å².